The van der Waals surface area contributed by atoms with E-state index < -0.39 is 0 Å². The Hall–Kier alpha value is -1.59. The minimum absolute atomic E-state index is 0. The van der Waals surface area contributed by atoms with Crippen LogP contribution in [0.3, 0.4) is 0 Å². The molecule has 0 aliphatic rings. The van der Waals surface area contributed by atoms with E-state index in [2.05, 4.69) is 0 Å². The van der Waals surface area contributed by atoms with Gasteiger partial charge in [0.2, 0.25) is 0 Å². The SMILES string of the molecule is Cc1csc(N)c1.ONc1ccc(F)cc1.[HH].[HH]. The van der Waals surface area contributed by atoms with Gasteiger partial charge in [0.15, 0.2) is 0 Å². The van der Waals surface area contributed by atoms with Crippen molar-refractivity contribution < 1.29 is 12.5 Å². The zero-order chi connectivity index (χ0) is 12.0. The summed E-state index contributed by atoms with van der Waals surface area (Å²) in [6.07, 6.45) is 0. The van der Waals surface area contributed by atoms with Gasteiger partial charge in [0.05, 0.1) is 10.7 Å². The second kappa shape index (κ2) is 6.09. The number of aryl methyl sites for hydroxylation is 1. The minimum Gasteiger partial charge on any atom is -0.391 e. The fraction of sp³-hybridized carbons (Fsp3) is 0.0909. The predicted molar refractivity (Wildman–Crippen MR) is 69.5 cm³/mol. The fourth-order valence-electron chi connectivity index (χ4n) is 0.978. The molecule has 1 aromatic carbocycles. The molecular formula is C11H17FN2OS. The normalized spacial score (nSPS) is 9.19. The Morgan fingerprint density at radius 3 is 2.31 bits per heavy atom. The van der Waals surface area contributed by atoms with Crippen LogP contribution in [0.1, 0.15) is 8.42 Å². The molecule has 90 valence electrons. The van der Waals surface area contributed by atoms with Gasteiger partial charge in [-0.3, -0.25) is 10.7 Å². The first-order valence-electron chi connectivity index (χ1n) is 4.58. The summed E-state index contributed by atoms with van der Waals surface area (Å²) in [5.74, 6) is -0.311. The summed E-state index contributed by atoms with van der Waals surface area (Å²) in [4.78, 5) is 0. The van der Waals surface area contributed by atoms with Gasteiger partial charge in [-0.2, -0.15) is 0 Å². The van der Waals surface area contributed by atoms with Crippen LogP contribution in [0.25, 0.3) is 0 Å². The molecule has 2 rings (SSSR count). The molecule has 0 bridgehead atoms. The molecule has 0 aliphatic heterocycles. The number of anilines is 2. The quantitative estimate of drug-likeness (QED) is 0.669. The van der Waals surface area contributed by atoms with Gasteiger partial charge < -0.3 is 5.73 Å². The summed E-state index contributed by atoms with van der Waals surface area (Å²) in [6.45, 7) is 2.03. The number of nitrogens with one attached hydrogen (secondary N) is 1. The van der Waals surface area contributed by atoms with Crippen molar-refractivity contribution in [2.45, 2.75) is 6.92 Å². The number of nitrogens with two attached hydrogens (primary N) is 1. The van der Waals surface area contributed by atoms with Crippen LogP contribution in [0.15, 0.2) is 35.7 Å². The van der Waals surface area contributed by atoms with Crippen molar-refractivity contribution in [2.75, 3.05) is 11.2 Å². The lowest BCUT2D eigenvalue weighted by molar-refractivity contribution is 0.389. The Kier molecular flexibility index (Phi) is 4.75. The maximum atomic E-state index is 12.1. The van der Waals surface area contributed by atoms with Gasteiger partial charge in [0.1, 0.15) is 5.82 Å². The number of halogens is 1. The Labute approximate surface area is 100 Å². The van der Waals surface area contributed by atoms with Gasteiger partial charge in [-0.25, -0.2) is 4.39 Å². The molecule has 0 saturated heterocycles. The highest BCUT2D eigenvalue weighted by atomic mass is 32.1. The van der Waals surface area contributed by atoms with Crippen molar-refractivity contribution in [1.82, 2.24) is 0 Å². The first-order valence-corrected chi connectivity index (χ1v) is 5.46. The third kappa shape index (κ3) is 4.29. The number of thiophene rings is 1. The smallest absolute Gasteiger partial charge is 0.123 e. The van der Waals surface area contributed by atoms with E-state index in [1.165, 1.54) is 29.8 Å². The fourth-order valence-corrected chi connectivity index (χ4v) is 1.62. The Bertz CT molecular complexity index is 420. The second-order valence-electron chi connectivity index (χ2n) is 3.15. The number of benzene rings is 1. The number of hydrogen-bond acceptors (Lipinski definition) is 4. The molecule has 0 atom stereocenters. The molecule has 0 unspecified atom stereocenters. The maximum Gasteiger partial charge on any atom is 0.123 e. The zero-order valence-electron chi connectivity index (χ0n) is 8.77. The van der Waals surface area contributed by atoms with Crippen molar-refractivity contribution in [2.24, 2.45) is 0 Å². The van der Waals surface area contributed by atoms with Crippen molar-refractivity contribution in [1.29, 1.82) is 0 Å². The molecule has 4 N–H and O–H groups in total. The van der Waals surface area contributed by atoms with Crippen LogP contribution in [0.2, 0.25) is 0 Å². The highest BCUT2D eigenvalue weighted by Gasteiger charge is 1.87. The summed E-state index contributed by atoms with van der Waals surface area (Å²) >= 11 is 1.58. The highest BCUT2D eigenvalue weighted by Crippen LogP contribution is 2.14. The van der Waals surface area contributed by atoms with Crippen LogP contribution >= 0.6 is 11.3 Å². The van der Waals surface area contributed by atoms with Crippen LogP contribution in [-0.2, 0) is 0 Å². The third-order valence-corrected chi connectivity index (χ3v) is 2.60. The molecule has 3 nitrogen and oxygen atoms in total. The summed E-state index contributed by atoms with van der Waals surface area (Å²) in [6, 6.07) is 7.37. The molecular weight excluding hydrogens is 227 g/mol. The van der Waals surface area contributed by atoms with Crippen LogP contribution in [0, 0.1) is 12.7 Å². The lowest BCUT2D eigenvalue weighted by Gasteiger charge is -1.94. The highest BCUT2D eigenvalue weighted by molar-refractivity contribution is 7.14. The number of hydrogen-bond donors (Lipinski definition) is 3. The monoisotopic (exact) mass is 244 g/mol. The van der Waals surface area contributed by atoms with Gasteiger partial charge in [-0.1, -0.05) is 0 Å². The maximum absolute atomic E-state index is 12.1. The van der Waals surface area contributed by atoms with Gasteiger partial charge in [0.25, 0.3) is 0 Å². The van der Waals surface area contributed by atoms with Crippen LogP contribution in [0.4, 0.5) is 15.1 Å². The average Bonchev–Trinajstić information content (AvgIpc) is 2.65. The largest absolute Gasteiger partial charge is 0.391 e. The Morgan fingerprint density at radius 2 is 2.00 bits per heavy atom. The van der Waals surface area contributed by atoms with Gasteiger partial charge in [0, 0.05) is 2.85 Å². The van der Waals surface area contributed by atoms with E-state index in [4.69, 9.17) is 10.9 Å². The molecule has 0 radical (unpaired) electrons. The Balaban J connectivity index is 0. The summed E-state index contributed by atoms with van der Waals surface area (Å²) in [5, 5.41) is 11.2. The molecule has 0 aliphatic carbocycles. The Morgan fingerprint density at radius 1 is 1.38 bits per heavy atom. The summed E-state index contributed by atoms with van der Waals surface area (Å²) in [7, 11) is 0. The lowest BCUT2D eigenvalue weighted by Crippen LogP contribution is -1.87. The molecule has 1 aromatic heterocycles. The van der Waals surface area contributed by atoms with Crippen LogP contribution in [0.5, 0.6) is 0 Å². The minimum atomic E-state index is -0.311. The van der Waals surface area contributed by atoms with Crippen molar-refractivity contribution in [3.63, 3.8) is 0 Å². The van der Waals surface area contributed by atoms with E-state index in [0.717, 1.165) is 5.00 Å². The van der Waals surface area contributed by atoms with Crippen LogP contribution < -0.4 is 11.2 Å². The van der Waals surface area contributed by atoms with Crippen molar-refractivity contribution in [3.05, 3.63) is 47.1 Å². The first-order chi connectivity index (χ1) is 7.61. The van der Waals surface area contributed by atoms with E-state index in [1.807, 2.05) is 23.9 Å². The molecule has 0 spiro atoms. The topological polar surface area (TPSA) is 58.3 Å². The third-order valence-electron chi connectivity index (χ3n) is 1.72. The molecule has 5 heteroatoms. The molecule has 2 aromatic rings. The van der Waals surface area contributed by atoms with Gasteiger partial charge in [-0.05, 0) is 48.2 Å². The number of nitrogen functional groups attached to an aromatic ring is 1. The summed E-state index contributed by atoms with van der Waals surface area (Å²) in [5.41, 5.74) is 9.02. The first kappa shape index (κ1) is 12.5. The predicted octanol–water partition coefficient (Wildman–Crippen LogP) is 3.76. The lowest BCUT2D eigenvalue weighted by atomic mass is 10.3. The standard InChI is InChI=1S/C6H6FNO.C5H7NS.2H2/c7-5-1-3-6(8-9)4-2-5;1-4-2-5(6)7-3-4;;/h1-4,8-9H;2-3H,6H2,1H3;2*1H. The van der Waals surface area contributed by atoms with Crippen molar-refractivity contribution >= 4 is 22.0 Å². The van der Waals surface area contributed by atoms with E-state index in [-0.39, 0.29) is 8.67 Å². The molecule has 0 fully saturated rings. The summed E-state index contributed by atoms with van der Waals surface area (Å²) < 4.78 is 12.1. The van der Waals surface area contributed by atoms with Gasteiger partial charge in [-0.15, -0.1) is 11.3 Å². The average molecular weight is 244 g/mol. The van der Waals surface area contributed by atoms with E-state index >= 15 is 0 Å². The zero-order valence-corrected chi connectivity index (χ0v) is 9.59. The van der Waals surface area contributed by atoms with Crippen LogP contribution in [-0.4, -0.2) is 5.21 Å². The molecule has 0 amide bonds. The van der Waals surface area contributed by atoms with Gasteiger partial charge >= 0.3 is 0 Å². The molecule has 1 heterocycles. The van der Waals surface area contributed by atoms with E-state index in [9.17, 15) is 4.39 Å². The second-order valence-corrected chi connectivity index (χ2v) is 4.09. The van der Waals surface area contributed by atoms with E-state index in [1.54, 1.807) is 11.3 Å². The van der Waals surface area contributed by atoms with E-state index in [0.29, 0.717) is 5.69 Å². The van der Waals surface area contributed by atoms with Crippen molar-refractivity contribution in [3.8, 4) is 0 Å². The number of rotatable bonds is 1. The molecule has 0 saturated carbocycles. The molecule has 16 heavy (non-hydrogen) atoms.